The molecule has 0 saturated heterocycles. The van der Waals surface area contributed by atoms with E-state index in [1.165, 1.54) is 13.3 Å². The van der Waals surface area contributed by atoms with Gasteiger partial charge in [-0.05, 0) is 132 Å². The second-order valence-electron chi connectivity index (χ2n) is 16.2. The van der Waals surface area contributed by atoms with E-state index in [9.17, 15) is 32.7 Å². The maximum Gasteiger partial charge on any atom is 0.425 e. The Morgan fingerprint density at radius 2 is 1.54 bits per heavy atom. The average Bonchev–Trinajstić information content (AvgIpc) is 3.99. The smallest absolute Gasteiger partial charge is 0.425 e. The van der Waals surface area contributed by atoms with Crippen LogP contribution in [0.1, 0.15) is 90.5 Å². The number of amides is 3. The molecule has 1 atom stereocenters. The Balaban J connectivity index is 1.31. The first-order chi connectivity index (χ1) is 27.7. The molecule has 1 aliphatic carbocycles. The molecule has 0 bridgehead atoms. The highest BCUT2D eigenvalue weighted by molar-refractivity contribution is 7.92. The quantitative estimate of drug-likeness (QED) is 0.104. The molecule has 15 nitrogen and oxygen atoms in total. The predicted octanol–water partition coefficient (Wildman–Crippen LogP) is 8.20. The SMILES string of the molecule is CCCc1cc(NC(=O)COCc2cc(C(Nc3ccc4c(N(C(=O)OC(C)(C)C)C(=O)OC(C)(C)C)nccc4c3)C(=O)O)ccc2OC)ccc1S(=O)(=O)C1CC1. The molecule has 59 heavy (non-hydrogen) atoms. The van der Waals surface area contributed by atoms with E-state index in [2.05, 4.69) is 15.6 Å². The van der Waals surface area contributed by atoms with E-state index in [4.69, 9.17) is 18.9 Å². The summed E-state index contributed by atoms with van der Waals surface area (Å²) in [4.78, 5) is 57.6. The number of imide groups is 1. The second-order valence-corrected chi connectivity index (χ2v) is 18.4. The molecule has 3 aromatic carbocycles. The first kappa shape index (κ1) is 44.4. The number of rotatable bonds is 15. The number of nitrogens with one attached hydrogen (secondary N) is 2. The number of methoxy groups -OCH3 is 1. The van der Waals surface area contributed by atoms with Crippen LogP contribution in [0.5, 0.6) is 5.75 Å². The number of aromatic nitrogens is 1. The number of benzene rings is 3. The Labute approximate surface area is 344 Å². The number of pyridine rings is 1. The van der Waals surface area contributed by atoms with Crippen LogP contribution >= 0.6 is 0 Å². The van der Waals surface area contributed by atoms with Crippen LogP contribution in [0.3, 0.4) is 0 Å². The average molecular weight is 833 g/mol. The zero-order valence-electron chi connectivity index (χ0n) is 34.6. The number of hydrogen-bond donors (Lipinski definition) is 3. The molecule has 0 spiro atoms. The van der Waals surface area contributed by atoms with Gasteiger partial charge < -0.3 is 34.7 Å². The van der Waals surface area contributed by atoms with Crippen LogP contribution in [0, 0.1) is 0 Å². The van der Waals surface area contributed by atoms with Crippen molar-refractivity contribution < 1.29 is 51.6 Å². The summed E-state index contributed by atoms with van der Waals surface area (Å²) in [6.45, 7) is 11.5. The van der Waals surface area contributed by atoms with E-state index >= 15 is 0 Å². The van der Waals surface area contributed by atoms with Crippen LogP contribution in [-0.2, 0) is 46.7 Å². The lowest BCUT2D eigenvalue weighted by Gasteiger charge is -2.28. The van der Waals surface area contributed by atoms with Gasteiger partial charge >= 0.3 is 18.2 Å². The van der Waals surface area contributed by atoms with Crippen molar-refractivity contribution in [2.75, 3.05) is 29.3 Å². The van der Waals surface area contributed by atoms with E-state index in [0.29, 0.717) is 68.7 Å². The van der Waals surface area contributed by atoms with Gasteiger partial charge in [0, 0.05) is 28.5 Å². The number of carbonyl (C=O) groups excluding carboxylic acids is 3. The number of carboxylic acid groups (broad SMARTS) is 1. The van der Waals surface area contributed by atoms with Crippen molar-refractivity contribution in [3.8, 4) is 5.75 Å². The fourth-order valence-electron chi connectivity index (χ4n) is 6.25. The maximum atomic E-state index is 13.3. The van der Waals surface area contributed by atoms with Gasteiger partial charge in [-0.25, -0.2) is 27.8 Å². The second kappa shape index (κ2) is 18.0. The van der Waals surface area contributed by atoms with Crippen molar-refractivity contribution in [3.05, 3.63) is 83.6 Å². The number of anilines is 3. The summed E-state index contributed by atoms with van der Waals surface area (Å²) < 4.78 is 48.2. The lowest BCUT2D eigenvalue weighted by Crippen LogP contribution is -2.44. The Morgan fingerprint density at radius 3 is 2.14 bits per heavy atom. The summed E-state index contributed by atoms with van der Waals surface area (Å²) >= 11 is 0. The highest BCUT2D eigenvalue weighted by Crippen LogP contribution is 2.36. The molecule has 1 saturated carbocycles. The molecule has 1 unspecified atom stereocenters. The van der Waals surface area contributed by atoms with E-state index in [0.717, 1.165) is 11.3 Å². The third-order valence-electron chi connectivity index (χ3n) is 8.93. The Bertz CT molecular complexity index is 2300. The molecule has 5 rings (SSSR count). The van der Waals surface area contributed by atoms with Crippen molar-refractivity contribution in [2.24, 2.45) is 0 Å². The highest BCUT2D eigenvalue weighted by atomic mass is 32.2. The van der Waals surface area contributed by atoms with Crippen molar-refractivity contribution in [1.29, 1.82) is 0 Å². The van der Waals surface area contributed by atoms with E-state index in [1.807, 2.05) is 6.92 Å². The number of carbonyl (C=O) groups is 4. The number of carboxylic acids is 1. The summed E-state index contributed by atoms with van der Waals surface area (Å²) in [5, 5.41) is 16.8. The minimum Gasteiger partial charge on any atom is -0.496 e. The third-order valence-corrected chi connectivity index (χ3v) is 11.3. The molecule has 3 N–H and O–H groups in total. The van der Waals surface area contributed by atoms with Crippen molar-refractivity contribution in [3.63, 3.8) is 0 Å². The van der Waals surface area contributed by atoms with Crippen LogP contribution in [-0.4, -0.2) is 72.7 Å². The zero-order chi connectivity index (χ0) is 43.3. The lowest BCUT2D eigenvalue weighted by molar-refractivity contribution is -0.138. The van der Waals surface area contributed by atoms with Crippen molar-refractivity contribution in [1.82, 2.24) is 4.98 Å². The Hall–Kier alpha value is -5.74. The number of aryl methyl sites for hydroxylation is 1. The van der Waals surface area contributed by atoms with Gasteiger partial charge in [-0.3, -0.25) is 4.79 Å². The van der Waals surface area contributed by atoms with Gasteiger partial charge in [-0.1, -0.05) is 19.4 Å². The Morgan fingerprint density at radius 1 is 0.881 bits per heavy atom. The predicted molar refractivity (Wildman–Crippen MR) is 223 cm³/mol. The molecule has 0 radical (unpaired) electrons. The van der Waals surface area contributed by atoms with Gasteiger partial charge in [0.2, 0.25) is 5.91 Å². The van der Waals surface area contributed by atoms with E-state index < -0.39 is 51.1 Å². The summed E-state index contributed by atoms with van der Waals surface area (Å²) in [6, 6.07) is 14.9. The monoisotopic (exact) mass is 832 g/mol. The topological polar surface area (TPSA) is 200 Å². The van der Waals surface area contributed by atoms with Crippen molar-refractivity contribution >= 4 is 61.9 Å². The minimum absolute atomic E-state index is 0.0284. The zero-order valence-corrected chi connectivity index (χ0v) is 35.4. The van der Waals surface area contributed by atoms with Gasteiger partial charge in [-0.2, -0.15) is 4.90 Å². The minimum atomic E-state index is -3.40. The van der Waals surface area contributed by atoms with E-state index in [1.54, 1.807) is 102 Å². The van der Waals surface area contributed by atoms with Crippen LogP contribution in [0.2, 0.25) is 0 Å². The van der Waals surface area contributed by atoms with Gasteiger partial charge in [0.1, 0.15) is 23.6 Å². The number of ether oxygens (including phenoxy) is 4. The summed E-state index contributed by atoms with van der Waals surface area (Å²) in [7, 11) is -1.94. The molecule has 316 valence electrons. The molecule has 4 aromatic rings. The first-order valence-electron chi connectivity index (χ1n) is 19.3. The van der Waals surface area contributed by atoms with E-state index in [-0.39, 0.29) is 24.3 Å². The number of nitrogens with zero attached hydrogens (tertiary/aromatic N) is 2. The molecule has 3 amide bonds. The van der Waals surface area contributed by atoms with Crippen LogP contribution in [0.4, 0.5) is 26.8 Å². The van der Waals surface area contributed by atoms with Gasteiger partial charge in [0.05, 0.1) is 23.9 Å². The molecule has 1 fully saturated rings. The molecular formula is C43H52N4O11S. The Kier molecular flexibility index (Phi) is 13.6. The molecule has 0 aliphatic heterocycles. The largest absolute Gasteiger partial charge is 0.496 e. The maximum absolute atomic E-state index is 13.3. The highest BCUT2D eigenvalue weighted by Gasteiger charge is 2.38. The van der Waals surface area contributed by atoms with Crippen LogP contribution in [0.15, 0.2) is 71.8 Å². The molecule has 1 aliphatic rings. The van der Waals surface area contributed by atoms with Gasteiger partial charge in [0.15, 0.2) is 21.7 Å². The third kappa shape index (κ3) is 11.5. The van der Waals surface area contributed by atoms with Gasteiger partial charge in [0.25, 0.3) is 0 Å². The number of fused-ring (bicyclic) bond motifs is 1. The lowest BCUT2D eigenvalue weighted by atomic mass is 10.0. The number of sulfone groups is 1. The fourth-order valence-corrected chi connectivity index (χ4v) is 8.15. The van der Waals surface area contributed by atoms with Gasteiger partial charge in [-0.15, -0.1) is 0 Å². The fraction of sp³-hybridized carbons (Fsp3) is 0.419. The molecule has 1 heterocycles. The standard InChI is InChI=1S/C43H52N4O11S/c1-9-10-27-23-30(13-18-35(27)59(53,54)32-14-15-32)45-36(48)25-56-24-29-21-28(11-17-34(29)55-8)37(39(49)50)46-31-12-16-33-26(22-31)19-20-44-38(33)47(40(51)57-42(2,3)4)41(52)58-43(5,6)7/h11-13,16-23,32,37,46H,9-10,14-15,24-25H2,1-8H3,(H,45,48)(H,49,50). The number of aliphatic carboxylic acids is 1. The normalized spacial score (nSPS) is 13.6. The molecule has 1 aromatic heterocycles. The molecule has 16 heteroatoms. The van der Waals surface area contributed by atoms with Crippen LogP contribution in [0.25, 0.3) is 10.8 Å². The number of hydrogen-bond acceptors (Lipinski definition) is 12. The summed E-state index contributed by atoms with van der Waals surface area (Å²) in [5.41, 5.74) is 0.527. The first-order valence-corrected chi connectivity index (χ1v) is 20.8. The summed E-state index contributed by atoms with van der Waals surface area (Å²) in [5.74, 6) is -1.25. The van der Waals surface area contributed by atoms with Crippen molar-refractivity contribution in [2.45, 2.75) is 108 Å². The molecular weight excluding hydrogens is 781 g/mol. The summed E-state index contributed by atoms with van der Waals surface area (Å²) in [6.07, 6.45) is 2.06. The van der Waals surface area contributed by atoms with Crippen LogP contribution < -0.4 is 20.3 Å².